The first-order chi connectivity index (χ1) is 18.6. The Hall–Kier alpha value is -3.88. The molecule has 210 valence electrons. The van der Waals surface area contributed by atoms with Gasteiger partial charge in [0.2, 0.25) is 17.7 Å². The van der Waals surface area contributed by atoms with Gasteiger partial charge in [0.1, 0.15) is 24.4 Å². The van der Waals surface area contributed by atoms with Crippen LogP contribution < -0.4 is 26.0 Å². The third-order valence-electron chi connectivity index (χ3n) is 6.51. The van der Waals surface area contributed by atoms with E-state index in [1.54, 1.807) is 24.3 Å². The van der Waals surface area contributed by atoms with Crippen molar-refractivity contribution in [2.45, 2.75) is 65.1 Å². The minimum atomic E-state index is -1.14. The predicted molar refractivity (Wildman–Crippen MR) is 149 cm³/mol. The summed E-state index contributed by atoms with van der Waals surface area (Å²) in [6.07, 6.45) is 0.936. The van der Waals surface area contributed by atoms with Crippen LogP contribution in [0, 0.1) is 11.8 Å². The zero-order valence-electron chi connectivity index (χ0n) is 23.2. The van der Waals surface area contributed by atoms with Gasteiger partial charge in [-0.25, -0.2) is 0 Å². The average Bonchev–Trinajstić information content (AvgIpc) is 2.89. The van der Waals surface area contributed by atoms with E-state index >= 15 is 0 Å². The van der Waals surface area contributed by atoms with Crippen LogP contribution in [0.15, 0.2) is 54.6 Å². The fourth-order valence-electron chi connectivity index (χ4n) is 4.50. The molecule has 1 aliphatic heterocycles. The zero-order valence-corrected chi connectivity index (χ0v) is 23.2. The molecule has 0 radical (unpaired) electrons. The van der Waals surface area contributed by atoms with Crippen molar-refractivity contribution in [3.05, 3.63) is 65.7 Å². The first-order valence-corrected chi connectivity index (χ1v) is 13.6. The molecule has 2 aromatic rings. The molecule has 2 aromatic carbocycles. The SMILES string of the molecule is CC(C)C[C@@H]1COc2ccccc2C(=O)N[C@H](C(=O)NCCc2ccccc2)CC(=O)N[C@H](C(C)C)C(=O)N1. The summed E-state index contributed by atoms with van der Waals surface area (Å²) in [5.41, 5.74) is 1.30. The minimum absolute atomic E-state index is 0.149. The van der Waals surface area contributed by atoms with E-state index in [9.17, 15) is 19.2 Å². The Morgan fingerprint density at radius 1 is 0.949 bits per heavy atom. The first-order valence-electron chi connectivity index (χ1n) is 13.6. The molecule has 0 spiro atoms. The number of fused-ring (bicyclic) bond motifs is 1. The molecule has 0 bridgehead atoms. The summed E-state index contributed by atoms with van der Waals surface area (Å²) in [6.45, 7) is 8.26. The van der Waals surface area contributed by atoms with E-state index in [4.69, 9.17) is 4.74 Å². The van der Waals surface area contributed by atoms with Gasteiger partial charge < -0.3 is 26.0 Å². The van der Waals surface area contributed by atoms with Crippen molar-refractivity contribution in [2.24, 2.45) is 11.8 Å². The van der Waals surface area contributed by atoms with Gasteiger partial charge in [0, 0.05) is 6.54 Å². The van der Waals surface area contributed by atoms with E-state index in [1.165, 1.54) is 0 Å². The van der Waals surface area contributed by atoms with Gasteiger partial charge >= 0.3 is 0 Å². The smallest absolute Gasteiger partial charge is 0.255 e. The summed E-state index contributed by atoms with van der Waals surface area (Å²) in [6, 6.07) is 14.1. The van der Waals surface area contributed by atoms with Gasteiger partial charge in [-0.1, -0.05) is 70.2 Å². The van der Waals surface area contributed by atoms with Crippen LogP contribution in [0.1, 0.15) is 56.5 Å². The number of carbonyl (C=O) groups excluding carboxylic acids is 4. The van der Waals surface area contributed by atoms with Crippen LogP contribution in [0.5, 0.6) is 5.75 Å². The van der Waals surface area contributed by atoms with Crippen LogP contribution in [0.25, 0.3) is 0 Å². The summed E-state index contributed by atoms with van der Waals surface area (Å²) < 4.78 is 6.03. The number of rotatable bonds is 7. The first kappa shape index (κ1) is 29.7. The standard InChI is InChI=1S/C30H40N4O5/c1-19(2)16-22-18-39-25-13-9-8-12-23(25)28(36)33-24(17-26(35)34-27(20(3)4)30(38)32-22)29(37)31-15-14-21-10-6-5-7-11-21/h5-13,19-20,22,24,27H,14-18H2,1-4H3,(H,31,37)(H,32,38)(H,33,36)(H,34,35)/t22-,24+,27-/m1/s1. The third kappa shape index (κ3) is 9.12. The van der Waals surface area contributed by atoms with Crippen LogP contribution >= 0.6 is 0 Å². The van der Waals surface area contributed by atoms with Gasteiger partial charge in [0.25, 0.3) is 5.91 Å². The zero-order chi connectivity index (χ0) is 28.4. The molecule has 0 fully saturated rings. The Morgan fingerprint density at radius 3 is 2.33 bits per heavy atom. The molecule has 3 rings (SSSR count). The molecule has 39 heavy (non-hydrogen) atoms. The lowest BCUT2D eigenvalue weighted by molar-refractivity contribution is -0.132. The Labute approximate surface area is 230 Å². The maximum Gasteiger partial charge on any atom is 0.255 e. The molecule has 0 unspecified atom stereocenters. The molecular weight excluding hydrogens is 496 g/mol. The number of hydrogen-bond donors (Lipinski definition) is 4. The Kier molecular flexibility index (Phi) is 10.9. The highest BCUT2D eigenvalue weighted by Gasteiger charge is 2.31. The summed E-state index contributed by atoms with van der Waals surface area (Å²) in [7, 11) is 0. The van der Waals surface area contributed by atoms with Gasteiger partial charge in [-0.2, -0.15) is 0 Å². The fraction of sp³-hybridized carbons (Fsp3) is 0.467. The lowest BCUT2D eigenvalue weighted by atomic mass is 10.00. The largest absolute Gasteiger partial charge is 0.491 e. The van der Waals surface area contributed by atoms with Crippen molar-refractivity contribution >= 4 is 23.6 Å². The van der Waals surface area contributed by atoms with E-state index in [2.05, 4.69) is 21.3 Å². The fourth-order valence-corrected chi connectivity index (χ4v) is 4.50. The summed E-state index contributed by atoms with van der Waals surface area (Å²) in [5.74, 6) is -1.41. The number of amides is 4. The van der Waals surface area contributed by atoms with Crippen LogP contribution in [-0.2, 0) is 20.8 Å². The Balaban J connectivity index is 1.85. The number of benzene rings is 2. The lowest BCUT2D eigenvalue weighted by Crippen LogP contribution is -2.55. The molecular formula is C30H40N4O5. The van der Waals surface area contributed by atoms with Crippen LogP contribution in [-0.4, -0.2) is 54.9 Å². The second-order valence-electron chi connectivity index (χ2n) is 10.7. The Morgan fingerprint density at radius 2 is 1.64 bits per heavy atom. The summed E-state index contributed by atoms with van der Waals surface area (Å²) in [5, 5.41) is 11.3. The average molecular weight is 537 g/mol. The predicted octanol–water partition coefficient (Wildman–Crippen LogP) is 2.60. The topological polar surface area (TPSA) is 126 Å². The second-order valence-corrected chi connectivity index (χ2v) is 10.7. The van der Waals surface area contributed by atoms with Crippen LogP contribution in [0.4, 0.5) is 0 Å². The van der Waals surface area contributed by atoms with E-state index in [0.717, 1.165) is 5.56 Å². The summed E-state index contributed by atoms with van der Waals surface area (Å²) >= 11 is 0. The van der Waals surface area contributed by atoms with Crippen molar-refractivity contribution in [1.29, 1.82) is 0 Å². The molecule has 4 N–H and O–H groups in total. The number of hydrogen-bond acceptors (Lipinski definition) is 5. The second kappa shape index (κ2) is 14.3. The van der Waals surface area contributed by atoms with Crippen LogP contribution in [0.3, 0.4) is 0 Å². The molecule has 0 aliphatic carbocycles. The number of para-hydroxylation sites is 1. The highest BCUT2D eigenvalue weighted by atomic mass is 16.5. The monoisotopic (exact) mass is 536 g/mol. The maximum absolute atomic E-state index is 13.3. The van der Waals surface area contributed by atoms with E-state index in [-0.39, 0.29) is 42.4 Å². The molecule has 0 saturated heterocycles. The van der Waals surface area contributed by atoms with Gasteiger partial charge in [0.15, 0.2) is 0 Å². The van der Waals surface area contributed by atoms with Crippen molar-refractivity contribution < 1.29 is 23.9 Å². The minimum Gasteiger partial charge on any atom is -0.491 e. The highest BCUT2D eigenvalue weighted by Crippen LogP contribution is 2.20. The van der Waals surface area contributed by atoms with Crippen molar-refractivity contribution in [2.75, 3.05) is 13.2 Å². The van der Waals surface area contributed by atoms with Gasteiger partial charge in [-0.05, 0) is 42.4 Å². The van der Waals surface area contributed by atoms with E-state index in [1.807, 2.05) is 58.0 Å². The molecule has 0 aromatic heterocycles. The molecule has 4 amide bonds. The molecule has 0 saturated carbocycles. The third-order valence-corrected chi connectivity index (χ3v) is 6.51. The van der Waals surface area contributed by atoms with Crippen molar-refractivity contribution in [1.82, 2.24) is 21.3 Å². The normalized spacial score (nSPS) is 20.7. The van der Waals surface area contributed by atoms with Gasteiger partial charge in [-0.15, -0.1) is 0 Å². The highest BCUT2D eigenvalue weighted by molar-refractivity contribution is 6.01. The number of ether oxygens (including phenoxy) is 1. The quantitative estimate of drug-likeness (QED) is 0.433. The van der Waals surface area contributed by atoms with E-state index < -0.39 is 29.8 Å². The molecule has 1 heterocycles. The number of carbonyl (C=O) groups is 4. The lowest BCUT2D eigenvalue weighted by Gasteiger charge is -2.28. The maximum atomic E-state index is 13.3. The van der Waals surface area contributed by atoms with E-state index in [0.29, 0.717) is 25.1 Å². The van der Waals surface area contributed by atoms with Crippen molar-refractivity contribution in [3.63, 3.8) is 0 Å². The van der Waals surface area contributed by atoms with Crippen molar-refractivity contribution in [3.8, 4) is 5.75 Å². The molecule has 3 atom stereocenters. The Bertz CT molecular complexity index is 1140. The van der Waals surface area contributed by atoms with Gasteiger partial charge in [-0.3, -0.25) is 19.2 Å². The summed E-state index contributed by atoms with van der Waals surface area (Å²) in [4.78, 5) is 52.8. The number of nitrogens with one attached hydrogen (secondary N) is 4. The van der Waals surface area contributed by atoms with Gasteiger partial charge in [0.05, 0.1) is 18.0 Å². The molecule has 9 heteroatoms. The van der Waals surface area contributed by atoms with Crippen LogP contribution in [0.2, 0.25) is 0 Å². The molecule has 9 nitrogen and oxygen atoms in total. The molecule has 1 aliphatic rings.